The number of hydrogen-bond acceptors (Lipinski definition) is 5. The molecule has 1 aliphatic rings. The van der Waals surface area contributed by atoms with Gasteiger partial charge in [0, 0.05) is 32.4 Å². The molecule has 1 N–H and O–H groups in total. The molecular formula is C20H19ClN4O3. The summed E-state index contributed by atoms with van der Waals surface area (Å²) < 4.78 is 1.29. The number of para-hydroxylation sites is 1. The summed E-state index contributed by atoms with van der Waals surface area (Å²) in [6, 6.07) is 11.2. The lowest BCUT2D eigenvalue weighted by molar-refractivity contribution is 0.0695. The largest absolute Gasteiger partial charge is 0.477 e. The second-order valence-electron chi connectivity index (χ2n) is 6.73. The van der Waals surface area contributed by atoms with E-state index in [2.05, 4.69) is 9.88 Å². The molecule has 0 amide bonds. The normalized spacial score (nSPS) is 14.5. The van der Waals surface area contributed by atoms with Crippen molar-refractivity contribution in [2.75, 3.05) is 36.0 Å². The number of pyridine rings is 1. The lowest BCUT2D eigenvalue weighted by atomic mass is 10.2. The molecule has 28 heavy (non-hydrogen) atoms. The Morgan fingerprint density at radius 2 is 1.75 bits per heavy atom. The van der Waals surface area contributed by atoms with Crippen LogP contribution in [0.2, 0.25) is 5.02 Å². The van der Waals surface area contributed by atoms with Gasteiger partial charge in [0.15, 0.2) is 11.4 Å². The Morgan fingerprint density at radius 3 is 2.43 bits per heavy atom. The molecule has 0 unspecified atom stereocenters. The Balaban J connectivity index is 1.71. The quantitative estimate of drug-likeness (QED) is 0.730. The molecule has 8 heteroatoms. The smallest absolute Gasteiger partial charge is 0.345 e. The summed E-state index contributed by atoms with van der Waals surface area (Å²) in [5.41, 5.74) is 1.37. The zero-order valence-electron chi connectivity index (χ0n) is 15.3. The minimum atomic E-state index is -1.27. The summed E-state index contributed by atoms with van der Waals surface area (Å²) in [4.78, 5) is 33.2. The van der Waals surface area contributed by atoms with E-state index in [0.29, 0.717) is 36.8 Å². The van der Waals surface area contributed by atoms with Crippen LogP contribution in [0, 0.1) is 6.92 Å². The molecule has 0 bridgehead atoms. The van der Waals surface area contributed by atoms with Crippen molar-refractivity contribution in [1.29, 1.82) is 0 Å². The number of aromatic nitrogens is 2. The predicted molar refractivity (Wildman–Crippen MR) is 109 cm³/mol. The number of carboxylic acids is 1. The van der Waals surface area contributed by atoms with Crippen LogP contribution in [0.4, 0.5) is 11.5 Å². The summed E-state index contributed by atoms with van der Waals surface area (Å²) in [5.74, 6) is -1.04. The monoisotopic (exact) mass is 398 g/mol. The standard InChI is InChI=1S/C20H19ClN4O3/c1-13-5-4-8-25-17(13)22-18(16(19(25)26)20(27)28)24-11-9-23(10-12-24)15-7-3-2-6-14(15)21/h2-8H,9-12H2,1H3,(H,27,28). The summed E-state index contributed by atoms with van der Waals surface area (Å²) in [6.45, 7) is 4.23. The van der Waals surface area contributed by atoms with Gasteiger partial charge in [-0.25, -0.2) is 9.78 Å². The fraction of sp³-hybridized carbons (Fsp3) is 0.250. The molecule has 3 heterocycles. The fourth-order valence-electron chi connectivity index (χ4n) is 3.57. The number of fused-ring (bicyclic) bond motifs is 1. The van der Waals surface area contributed by atoms with Gasteiger partial charge in [-0.1, -0.05) is 29.8 Å². The summed E-state index contributed by atoms with van der Waals surface area (Å²) >= 11 is 6.29. The molecular weight excluding hydrogens is 380 g/mol. The minimum absolute atomic E-state index is 0.227. The molecule has 0 radical (unpaired) electrons. The molecule has 0 aliphatic carbocycles. The second-order valence-corrected chi connectivity index (χ2v) is 7.14. The van der Waals surface area contributed by atoms with Crippen LogP contribution in [0.25, 0.3) is 5.65 Å². The van der Waals surface area contributed by atoms with Crippen molar-refractivity contribution in [3.8, 4) is 0 Å². The molecule has 2 aromatic heterocycles. The van der Waals surface area contributed by atoms with E-state index in [1.165, 1.54) is 4.40 Å². The van der Waals surface area contributed by atoms with E-state index < -0.39 is 11.5 Å². The first-order valence-electron chi connectivity index (χ1n) is 8.97. The fourth-order valence-corrected chi connectivity index (χ4v) is 3.83. The lowest BCUT2D eigenvalue weighted by Crippen LogP contribution is -2.48. The molecule has 1 saturated heterocycles. The number of carbonyl (C=O) groups is 1. The number of aryl methyl sites for hydroxylation is 1. The number of anilines is 2. The summed E-state index contributed by atoms with van der Waals surface area (Å²) in [5, 5.41) is 10.3. The van der Waals surface area contributed by atoms with Crippen molar-refractivity contribution < 1.29 is 9.90 Å². The Morgan fingerprint density at radius 1 is 1.07 bits per heavy atom. The van der Waals surface area contributed by atoms with Crippen LogP contribution in [-0.4, -0.2) is 46.6 Å². The highest BCUT2D eigenvalue weighted by atomic mass is 35.5. The molecule has 1 fully saturated rings. The van der Waals surface area contributed by atoms with Crippen molar-refractivity contribution in [2.45, 2.75) is 6.92 Å². The van der Waals surface area contributed by atoms with Crippen molar-refractivity contribution >= 4 is 34.7 Å². The van der Waals surface area contributed by atoms with E-state index in [1.54, 1.807) is 12.3 Å². The van der Waals surface area contributed by atoms with Gasteiger partial charge in [0.05, 0.1) is 10.7 Å². The first kappa shape index (κ1) is 18.3. The molecule has 0 atom stereocenters. The zero-order valence-corrected chi connectivity index (χ0v) is 16.1. The van der Waals surface area contributed by atoms with E-state index in [1.807, 2.05) is 42.2 Å². The number of nitrogens with zero attached hydrogens (tertiary/aromatic N) is 4. The number of rotatable bonds is 3. The van der Waals surface area contributed by atoms with E-state index >= 15 is 0 Å². The number of hydrogen-bond donors (Lipinski definition) is 1. The second kappa shape index (κ2) is 7.16. The maximum atomic E-state index is 12.8. The maximum absolute atomic E-state index is 12.8. The highest BCUT2D eigenvalue weighted by Crippen LogP contribution is 2.27. The minimum Gasteiger partial charge on any atom is -0.477 e. The Hall–Kier alpha value is -3.06. The summed E-state index contributed by atoms with van der Waals surface area (Å²) in [7, 11) is 0. The van der Waals surface area contributed by atoms with Gasteiger partial charge in [-0.15, -0.1) is 0 Å². The third-order valence-corrected chi connectivity index (χ3v) is 5.34. The van der Waals surface area contributed by atoms with E-state index in [4.69, 9.17) is 11.6 Å². The highest BCUT2D eigenvalue weighted by molar-refractivity contribution is 6.33. The highest BCUT2D eigenvalue weighted by Gasteiger charge is 2.27. The molecule has 0 spiro atoms. The van der Waals surface area contributed by atoms with Gasteiger partial charge in [-0.3, -0.25) is 9.20 Å². The number of aromatic carboxylic acids is 1. The Bertz CT molecular complexity index is 1120. The number of piperazine rings is 1. The first-order valence-corrected chi connectivity index (χ1v) is 9.35. The van der Waals surface area contributed by atoms with E-state index in [9.17, 15) is 14.7 Å². The third kappa shape index (κ3) is 3.07. The number of benzene rings is 1. The molecule has 1 aliphatic heterocycles. The van der Waals surface area contributed by atoms with Crippen LogP contribution in [0.5, 0.6) is 0 Å². The SMILES string of the molecule is Cc1cccn2c(=O)c(C(=O)O)c(N3CCN(c4ccccc4Cl)CC3)nc12. The molecule has 1 aromatic carbocycles. The maximum Gasteiger partial charge on any atom is 0.345 e. The van der Waals surface area contributed by atoms with Crippen molar-refractivity contribution in [3.05, 3.63) is 69.1 Å². The average molecular weight is 399 g/mol. The summed E-state index contributed by atoms with van der Waals surface area (Å²) in [6.07, 6.45) is 1.54. The van der Waals surface area contributed by atoms with Crippen molar-refractivity contribution in [3.63, 3.8) is 0 Å². The van der Waals surface area contributed by atoms with E-state index in [0.717, 1.165) is 11.3 Å². The zero-order chi connectivity index (χ0) is 19.8. The van der Waals surface area contributed by atoms with Crippen LogP contribution in [-0.2, 0) is 0 Å². The van der Waals surface area contributed by atoms with Gasteiger partial charge >= 0.3 is 5.97 Å². The van der Waals surface area contributed by atoms with Crippen LogP contribution in [0.15, 0.2) is 47.4 Å². The van der Waals surface area contributed by atoms with E-state index in [-0.39, 0.29) is 11.4 Å². The average Bonchev–Trinajstić information content (AvgIpc) is 2.69. The van der Waals surface area contributed by atoms with Gasteiger partial charge < -0.3 is 14.9 Å². The van der Waals surface area contributed by atoms with Gasteiger partial charge in [0.25, 0.3) is 5.56 Å². The molecule has 7 nitrogen and oxygen atoms in total. The molecule has 144 valence electrons. The van der Waals surface area contributed by atoms with Gasteiger partial charge in [0.1, 0.15) is 5.65 Å². The van der Waals surface area contributed by atoms with Gasteiger partial charge in [-0.2, -0.15) is 0 Å². The first-order chi connectivity index (χ1) is 13.5. The van der Waals surface area contributed by atoms with Crippen LogP contribution >= 0.6 is 11.6 Å². The Kier molecular flexibility index (Phi) is 4.68. The number of carboxylic acid groups (broad SMARTS) is 1. The van der Waals surface area contributed by atoms with Gasteiger partial charge in [-0.05, 0) is 30.7 Å². The van der Waals surface area contributed by atoms with Gasteiger partial charge in [0.2, 0.25) is 0 Å². The topological polar surface area (TPSA) is 78.2 Å². The predicted octanol–water partition coefficient (Wildman–Crippen LogP) is 2.68. The van der Waals surface area contributed by atoms with Crippen LogP contribution in [0.1, 0.15) is 15.9 Å². The van der Waals surface area contributed by atoms with Crippen molar-refractivity contribution in [2.24, 2.45) is 0 Å². The molecule has 0 saturated carbocycles. The third-order valence-electron chi connectivity index (χ3n) is 5.02. The number of halogens is 1. The molecule has 4 rings (SSSR count). The Labute approximate surface area is 166 Å². The van der Waals surface area contributed by atoms with Crippen molar-refractivity contribution in [1.82, 2.24) is 9.38 Å². The van der Waals surface area contributed by atoms with Crippen LogP contribution < -0.4 is 15.4 Å². The molecule has 3 aromatic rings. The van der Waals surface area contributed by atoms with Crippen LogP contribution in [0.3, 0.4) is 0 Å². The lowest BCUT2D eigenvalue weighted by Gasteiger charge is -2.37.